The van der Waals surface area contributed by atoms with Crippen LogP contribution in [0.2, 0.25) is 0 Å². The minimum Gasteiger partial charge on any atom is -0.497 e. The van der Waals surface area contributed by atoms with Crippen LogP contribution in [0.25, 0.3) is 0 Å². The fraction of sp³-hybridized carbons (Fsp3) is 0.235. The maximum Gasteiger partial charge on any atom is 0.238 e. The van der Waals surface area contributed by atoms with Crippen molar-refractivity contribution in [3.05, 3.63) is 52.5 Å². The van der Waals surface area contributed by atoms with Gasteiger partial charge in [-0.3, -0.25) is 9.69 Å². The first kappa shape index (κ1) is 16.2. The van der Waals surface area contributed by atoms with Crippen molar-refractivity contribution < 1.29 is 14.3 Å². The van der Waals surface area contributed by atoms with Gasteiger partial charge in [0.25, 0.3) is 0 Å². The fourth-order valence-corrected chi connectivity index (χ4v) is 4.15. The van der Waals surface area contributed by atoms with Gasteiger partial charge in [0.15, 0.2) is 0 Å². The summed E-state index contributed by atoms with van der Waals surface area (Å²) in [6.45, 7) is 0. The van der Waals surface area contributed by atoms with Crippen LogP contribution < -0.4 is 14.4 Å². The normalized spacial score (nSPS) is 17.4. The molecule has 0 aromatic heterocycles. The van der Waals surface area contributed by atoms with Crippen LogP contribution in [0, 0.1) is 0 Å². The van der Waals surface area contributed by atoms with Crippen LogP contribution in [0.3, 0.4) is 0 Å². The zero-order chi connectivity index (χ0) is 16.4. The number of anilines is 1. The van der Waals surface area contributed by atoms with Crippen molar-refractivity contribution in [3.8, 4) is 11.5 Å². The number of hydrogen-bond donors (Lipinski definition) is 0. The van der Waals surface area contributed by atoms with E-state index in [0.29, 0.717) is 17.3 Å². The fourth-order valence-electron chi connectivity index (χ4n) is 2.58. The van der Waals surface area contributed by atoms with Crippen molar-refractivity contribution in [3.63, 3.8) is 0 Å². The lowest BCUT2D eigenvalue weighted by molar-refractivity contribution is -0.115. The topological polar surface area (TPSA) is 38.8 Å². The number of ether oxygens (including phenoxy) is 2. The van der Waals surface area contributed by atoms with Gasteiger partial charge in [-0.15, -0.1) is 11.8 Å². The Labute approximate surface area is 147 Å². The molecule has 2 aromatic rings. The first-order valence-electron chi connectivity index (χ1n) is 7.05. The smallest absolute Gasteiger partial charge is 0.238 e. The second-order valence-corrected chi connectivity index (χ2v) is 7.00. The molecule has 2 aromatic carbocycles. The third-order valence-corrected chi connectivity index (χ3v) is 5.35. The summed E-state index contributed by atoms with van der Waals surface area (Å²) in [5.74, 6) is 1.85. The summed E-state index contributed by atoms with van der Waals surface area (Å²) in [6.07, 6.45) is 0. The molecule has 1 amide bonds. The molecule has 0 radical (unpaired) electrons. The second kappa shape index (κ2) is 6.84. The van der Waals surface area contributed by atoms with Crippen molar-refractivity contribution in [2.45, 2.75) is 5.37 Å². The molecule has 1 saturated heterocycles. The van der Waals surface area contributed by atoms with Crippen LogP contribution in [-0.2, 0) is 4.79 Å². The first-order valence-corrected chi connectivity index (χ1v) is 8.89. The quantitative estimate of drug-likeness (QED) is 0.778. The third-order valence-electron chi connectivity index (χ3n) is 3.65. The Kier molecular flexibility index (Phi) is 4.82. The van der Waals surface area contributed by atoms with Crippen LogP contribution in [0.1, 0.15) is 10.9 Å². The number of carbonyl (C=O) groups excluding carboxylic acids is 1. The number of thioether (sulfide) groups is 1. The molecule has 0 N–H and O–H groups in total. The number of benzene rings is 2. The highest BCUT2D eigenvalue weighted by molar-refractivity contribution is 9.10. The Morgan fingerprint density at radius 2 is 2.00 bits per heavy atom. The van der Waals surface area contributed by atoms with E-state index in [4.69, 9.17) is 9.47 Å². The molecular formula is C17H16BrNO3S. The number of carbonyl (C=O) groups is 1. The van der Waals surface area contributed by atoms with Crippen molar-refractivity contribution in [1.29, 1.82) is 0 Å². The number of methoxy groups -OCH3 is 2. The van der Waals surface area contributed by atoms with E-state index < -0.39 is 0 Å². The van der Waals surface area contributed by atoms with Crippen LogP contribution in [0.5, 0.6) is 11.5 Å². The van der Waals surface area contributed by atoms with E-state index in [2.05, 4.69) is 15.9 Å². The molecule has 23 heavy (non-hydrogen) atoms. The van der Waals surface area contributed by atoms with Crippen molar-refractivity contribution >= 4 is 39.3 Å². The van der Waals surface area contributed by atoms with E-state index in [-0.39, 0.29) is 11.3 Å². The van der Waals surface area contributed by atoms with Gasteiger partial charge in [-0.1, -0.05) is 28.1 Å². The van der Waals surface area contributed by atoms with Gasteiger partial charge in [0.1, 0.15) is 16.9 Å². The Balaban J connectivity index is 2.04. The summed E-state index contributed by atoms with van der Waals surface area (Å²) in [6, 6.07) is 13.5. The predicted octanol–water partition coefficient (Wildman–Crippen LogP) is 4.24. The zero-order valence-electron chi connectivity index (χ0n) is 12.8. The lowest BCUT2D eigenvalue weighted by Crippen LogP contribution is -2.28. The van der Waals surface area contributed by atoms with Gasteiger partial charge in [0.2, 0.25) is 5.91 Å². The number of hydrogen-bond acceptors (Lipinski definition) is 4. The summed E-state index contributed by atoms with van der Waals surface area (Å²) in [7, 11) is 3.20. The van der Waals surface area contributed by atoms with E-state index in [0.717, 1.165) is 15.7 Å². The van der Waals surface area contributed by atoms with Gasteiger partial charge in [-0.25, -0.2) is 0 Å². The maximum absolute atomic E-state index is 12.5. The standard InChI is InChI=1S/C17H16BrNO3S/c1-21-13-6-7-14(15(9-13)22-2)19-16(20)10-23-17(19)11-4-3-5-12(18)8-11/h3-9,17H,10H2,1-2H3. The molecule has 1 aliphatic heterocycles. The van der Waals surface area contributed by atoms with E-state index >= 15 is 0 Å². The molecular weight excluding hydrogens is 378 g/mol. The molecule has 1 heterocycles. The van der Waals surface area contributed by atoms with Crippen LogP contribution in [0.15, 0.2) is 46.9 Å². The number of rotatable bonds is 4. The predicted molar refractivity (Wildman–Crippen MR) is 96.4 cm³/mol. The minimum absolute atomic E-state index is 0.0673. The van der Waals surface area contributed by atoms with E-state index in [9.17, 15) is 4.79 Å². The molecule has 1 fully saturated rings. The highest BCUT2D eigenvalue weighted by Crippen LogP contribution is 2.45. The minimum atomic E-state index is -0.0673. The molecule has 120 valence electrons. The summed E-state index contributed by atoms with van der Waals surface area (Å²) in [4.78, 5) is 14.3. The van der Waals surface area contributed by atoms with Crippen molar-refractivity contribution in [2.75, 3.05) is 24.9 Å². The van der Waals surface area contributed by atoms with E-state index in [1.54, 1.807) is 36.9 Å². The average molecular weight is 394 g/mol. The Morgan fingerprint density at radius 3 is 2.70 bits per heavy atom. The van der Waals surface area contributed by atoms with Gasteiger partial charge in [0, 0.05) is 10.5 Å². The Bertz CT molecular complexity index is 738. The monoisotopic (exact) mass is 393 g/mol. The zero-order valence-corrected chi connectivity index (χ0v) is 15.2. The highest BCUT2D eigenvalue weighted by Gasteiger charge is 2.35. The maximum atomic E-state index is 12.5. The molecule has 3 rings (SSSR count). The van der Waals surface area contributed by atoms with Gasteiger partial charge in [-0.2, -0.15) is 0 Å². The largest absolute Gasteiger partial charge is 0.497 e. The van der Waals surface area contributed by atoms with Crippen LogP contribution in [-0.4, -0.2) is 25.9 Å². The molecule has 4 nitrogen and oxygen atoms in total. The van der Waals surface area contributed by atoms with Gasteiger partial charge < -0.3 is 9.47 Å². The molecule has 0 bridgehead atoms. The lowest BCUT2D eigenvalue weighted by Gasteiger charge is -2.26. The lowest BCUT2D eigenvalue weighted by atomic mass is 10.1. The van der Waals surface area contributed by atoms with Gasteiger partial charge in [-0.05, 0) is 29.8 Å². The first-order chi connectivity index (χ1) is 11.1. The summed E-state index contributed by atoms with van der Waals surface area (Å²) in [5.41, 5.74) is 1.83. The second-order valence-electron chi connectivity index (χ2n) is 5.02. The highest BCUT2D eigenvalue weighted by atomic mass is 79.9. The van der Waals surface area contributed by atoms with Crippen LogP contribution in [0.4, 0.5) is 5.69 Å². The summed E-state index contributed by atoms with van der Waals surface area (Å²) < 4.78 is 11.7. The molecule has 0 aliphatic carbocycles. The van der Waals surface area contributed by atoms with E-state index in [1.807, 2.05) is 36.4 Å². The summed E-state index contributed by atoms with van der Waals surface area (Å²) >= 11 is 5.11. The molecule has 0 saturated carbocycles. The third kappa shape index (κ3) is 3.19. The number of halogens is 1. The molecule has 1 unspecified atom stereocenters. The van der Waals surface area contributed by atoms with Crippen LogP contribution >= 0.6 is 27.7 Å². The number of amides is 1. The molecule has 6 heteroatoms. The molecule has 1 aliphatic rings. The SMILES string of the molecule is COc1ccc(N2C(=O)CSC2c2cccc(Br)c2)c(OC)c1. The van der Waals surface area contributed by atoms with Gasteiger partial charge >= 0.3 is 0 Å². The number of nitrogens with zero attached hydrogens (tertiary/aromatic N) is 1. The van der Waals surface area contributed by atoms with Gasteiger partial charge in [0.05, 0.1) is 25.7 Å². The van der Waals surface area contributed by atoms with Crippen molar-refractivity contribution in [2.24, 2.45) is 0 Å². The molecule has 0 spiro atoms. The Morgan fingerprint density at radius 1 is 1.17 bits per heavy atom. The molecule has 1 atom stereocenters. The Hall–Kier alpha value is -1.66. The average Bonchev–Trinajstić information content (AvgIpc) is 2.95. The van der Waals surface area contributed by atoms with Crippen molar-refractivity contribution in [1.82, 2.24) is 0 Å². The van der Waals surface area contributed by atoms with E-state index in [1.165, 1.54) is 0 Å². The summed E-state index contributed by atoms with van der Waals surface area (Å²) in [5, 5.41) is -0.0673.